The van der Waals surface area contributed by atoms with E-state index in [1.165, 1.54) is 0 Å². The van der Waals surface area contributed by atoms with Crippen LogP contribution in [0.5, 0.6) is 0 Å². The Morgan fingerprint density at radius 2 is 2.07 bits per heavy atom. The molecule has 1 aromatic carbocycles. The van der Waals surface area contributed by atoms with Gasteiger partial charge < -0.3 is 4.74 Å². The Hall–Kier alpha value is -1.97. The summed E-state index contributed by atoms with van der Waals surface area (Å²) in [5, 5.41) is 8.10. The number of amidine groups is 1. The minimum atomic E-state index is 0.350. The molecule has 14 heavy (non-hydrogen) atoms. The fraction of sp³-hybridized carbons (Fsp3) is 0.100. The van der Waals surface area contributed by atoms with Gasteiger partial charge in [-0.2, -0.15) is 0 Å². The predicted molar refractivity (Wildman–Crippen MR) is 52.3 cm³/mol. The van der Waals surface area contributed by atoms with Crippen LogP contribution in [0.2, 0.25) is 0 Å². The second-order valence-corrected chi connectivity index (χ2v) is 3.02. The molecule has 0 atom stereocenters. The molecule has 0 saturated heterocycles. The van der Waals surface area contributed by atoms with Crippen LogP contribution in [0.15, 0.2) is 45.2 Å². The lowest BCUT2D eigenvalue weighted by atomic mass is 10.1. The smallest absolute Gasteiger partial charge is 0.215 e. The van der Waals surface area contributed by atoms with Gasteiger partial charge in [0.05, 0.1) is 5.69 Å². The van der Waals surface area contributed by atoms with Crippen molar-refractivity contribution in [3.8, 4) is 0 Å². The average molecular weight is 185 g/mol. The van der Waals surface area contributed by atoms with Gasteiger partial charge in [-0.1, -0.05) is 18.2 Å². The summed E-state index contributed by atoms with van der Waals surface area (Å²) in [4.78, 5) is 4.07. The van der Waals surface area contributed by atoms with E-state index >= 15 is 0 Å². The van der Waals surface area contributed by atoms with Crippen molar-refractivity contribution in [1.29, 1.82) is 0 Å². The van der Waals surface area contributed by atoms with Crippen molar-refractivity contribution in [2.45, 2.75) is 0 Å². The van der Waals surface area contributed by atoms with E-state index in [0.717, 1.165) is 11.3 Å². The number of rotatable bonds is 0. The van der Waals surface area contributed by atoms with Crippen LogP contribution in [0, 0.1) is 0 Å². The van der Waals surface area contributed by atoms with Gasteiger partial charge in [0, 0.05) is 5.56 Å². The van der Waals surface area contributed by atoms with Crippen molar-refractivity contribution in [2.24, 2.45) is 15.2 Å². The molecule has 0 saturated carbocycles. The van der Waals surface area contributed by atoms with E-state index in [2.05, 4.69) is 15.2 Å². The van der Waals surface area contributed by atoms with E-state index in [0.29, 0.717) is 18.3 Å². The lowest BCUT2D eigenvalue weighted by Crippen LogP contribution is -1.91. The Morgan fingerprint density at radius 1 is 1.14 bits per heavy atom. The van der Waals surface area contributed by atoms with E-state index < -0.39 is 0 Å². The Bertz CT molecular complexity index is 474. The molecule has 0 spiro atoms. The van der Waals surface area contributed by atoms with Crippen LogP contribution in [-0.4, -0.2) is 12.6 Å². The highest BCUT2D eigenvalue weighted by Gasteiger charge is 2.17. The third kappa shape index (κ3) is 1.04. The zero-order valence-electron chi connectivity index (χ0n) is 7.34. The number of hydrogen-bond acceptors (Lipinski definition) is 4. The summed E-state index contributed by atoms with van der Waals surface area (Å²) < 4.78 is 5.30. The molecule has 0 radical (unpaired) electrons. The van der Waals surface area contributed by atoms with Crippen molar-refractivity contribution >= 4 is 17.6 Å². The maximum absolute atomic E-state index is 5.30. The summed E-state index contributed by atoms with van der Waals surface area (Å²) >= 11 is 0. The number of fused-ring (bicyclic) bond motifs is 2. The molecular formula is C10H7N3O. The summed E-state index contributed by atoms with van der Waals surface area (Å²) in [6.45, 7) is 0.350. The highest BCUT2D eigenvalue weighted by atomic mass is 16.5. The monoisotopic (exact) mass is 185 g/mol. The quantitative estimate of drug-likeness (QED) is 0.612. The first-order valence-electron chi connectivity index (χ1n) is 4.33. The summed E-state index contributed by atoms with van der Waals surface area (Å²) in [5.74, 6) is 1.29. The highest BCUT2D eigenvalue weighted by Crippen LogP contribution is 2.27. The van der Waals surface area contributed by atoms with Crippen LogP contribution in [0.25, 0.3) is 6.08 Å². The van der Waals surface area contributed by atoms with Gasteiger partial charge >= 0.3 is 0 Å². The zero-order chi connectivity index (χ0) is 9.38. The second kappa shape index (κ2) is 2.77. The van der Waals surface area contributed by atoms with E-state index in [9.17, 15) is 0 Å². The van der Waals surface area contributed by atoms with Gasteiger partial charge in [0.25, 0.3) is 0 Å². The summed E-state index contributed by atoms with van der Waals surface area (Å²) in [5.41, 5.74) is 1.86. The topological polar surface area (TPSA) is 46.3 Å². The number of hydrogen-bond donors (Lipinski definition) is 0. The van der Waals surface area contributed by atoms with Gasteiger partial charge in [0.1, 0.15) is 0 Å². The first-order chi connectivity index (χ1) is 6.93. The fourth-order valence-electron chi connectivity index (χ4n) is 1.44. The maximum atomic E-state index is 5.30. The number of ether oxygens (including phenoxy) is 1. The summed E-state index contributed by atoms with van der Waals surface area (Å²) in [7, 11) is 0. The van der Waals surface area contributed by atoms with Gasteiger partial charge in [-0.15, -0.1) is 10.2 Å². The molecule has 1 aromatic rings. The summed E-state index contributed by atoms with van der Waals surface area (Å²) in [6.07, 6.45) is 1.92. The first-order valence-corrected chi connectivity index (χ1v) is 4.33. The molecule has 4 nitrogen and oxygen atoms in total. The van der Waals surface area contributed by atoms with Crippen LogP contribution < -0.4 is 0 Å². The number of benzene rings is 1. The Labute approximate surface area is 80.6 Å². The van der Waals surface area contributed by atoms with Crippen molar-refractivity contribution < 1.29 is 4.74 Å². The number of nitrogens with zero attached hydrogens (tertiary/aromatic N) is 3. The Morgan fingerprint density at radius 3 is 3.07 bits per heavy atom. The first kappa shape index (κ1) is 7.44. The number of azo groups is 1. The van der Waals surface area contributed by atoms with E-state index in [1.807, 2.05) is 30.3 Å². The molecule has 0 aliphatic carbocycles. The molecule has 0 amide bonds. The van der Waals surface area contributed by atoms with E-state index in [-0.39, 0.29) is 0 Å². The van der Waals surface area contributed by atoms with Crippen LogP contribution in [0.4, 0.5) is 5.69 Å². The lowest BCUT2D eigenvalue weighted by Gasteiger charge is -1.97. The molecule has 0 unspecified atom stereocenters. The molecule has 4 heteroatoms. The predicted octanol–water partition coefficient (Wildman–Crippen LogP) is 2.51. The fourth-order valence-corrected chi connectivity index (χ4v) is 1.44. The number of aliphatic imine (C=N–C) groups is 1. The zero-order valence-corrected chi connectivity index (χ0v) is 7.34. The molecule has 0 bridgehead atoms. The second-order valence-electron chi connectivity index (χ2n) is 3.02. The van der Waals surface area contributed by atoms with Crippen molar-refractivity contribution in [1.82, 2.24) is 0 Å². The van der Waals surface area contributed by atoms with E-state index in [4.69, 9.17) is 4.74 Å². The van der Waals surface area contributed by atoms with Gasteiger partial charge in [0.2, 0.25) is 5.84 Å². The molecule has 2 aliphatic heterocycles. The third-order valence-corrected chi connectivity index (χ3v) is 2.13. The molecule has 0 aromatic heterocycles. The van der Waals surface area contributed by atoms with Crippen molar-refractivity contribution in [3.63, 3.8) is 0 Å². The van der Waals surface area contributed by atoms with Crippen LogP contribution in [0.1, 0.15) is 5.56 Å². The summed E-state index contributed by atoms with van der Waals surface area (Å²) in [6, 6.07) is 7.78. The normalized spacial score (nSPS) is 17.4. The minimum Gasteiger partial charge on any atom is -0.467 e. The van der Waals surface area contributed by atoms with E-state index in [1.54, 1.807) is 0 Å². The molecule has 68 valence electrons. The molecular weight excluding hydrogens is 178 g/mol. The Kier molecular flexibility index (Phi) is 1.47. The van der Waals surface area contributed by atoms with Crippen LogP contribution in [0.3, 0.4) is 0 Å². The van der Waals surface area contributed by atoms with Gasteiger partial charge in [-0.25, -0.2) is 4.99 Å². The molecule has 0 N–H and O–H groups in total. The minimum absolute atomic E-state index is 0.350. The molecule has 3 rings (SSSR count). The largest absolute Gasteiger partial charge is 0.467 e. The molecule has 2 heterocycles. The molecule has 0 fully saturated rings. The van der Waals surface area contributed by atoms with Gasteiger partial charge in [-0.3, -0.25) is 0 Å². The van der Waals surface area contributed by atoms with Crippen LogP contribution >= 0.6 is 0 Å². The SMILES string of the molecule is C1=C2OCN=C2N=Nc2ccccc21. The maximum Gasteiger partial charge on any atom is 0.215 e. The average Bonchev–Trinajstić information content (AvgIpc) is 2.58. The highest BCUT2D eigenvalue weighted by molar-refractivity contribution is 6.03. The third-order valence-electron chi connectivity index (χ3n) is 2.13. The standard InChI is InChI=1S/C10H7N3O/c1-2-4-8-7(3-1)5-9-10(13-12-8)11-6-14-9/h1-5H,6H2. The Balaban J connectivity index is 2.22. The lowest BCUT2D eigenvalue weighted by molar-refractivity contribution is 0.264. The molecule has 2 aliphatic rings. The van der Waals surface area contributed by atoms with Crippen molar-refractivity contribution in [3.05, 3.63) is 35.6 Å². The van der Waals surface area contributed by atoms with Gasteiger partial charge in [0.15, 0.2) is 12.5 Å². The van der Waals surface area contributed by atoms with Crippen LogP contribution in [-0.2, 0) is 4.74 Å². The van der Waals surface area contributed by atoms with Gasteiger partial charge in [-0.05, 0) is 12.1 Å². The van der Waals surface area contributed by atoms with Crippen molar-refractivity contribution in [2.75, 3.05) is 6.73 Å².